The molecule has 0 aliphatic carbocycles. The summed E-state index contributed by atoms with van der Waals surface area (Å²) in [6, 6.07) is 16.7. The lowest BCUT2D eigenvalue weighted by Gasteiger charge is -2.13. The number of nitro benzene ring substituents is 1. The molecule has 0 aliphatic rings. The minimum Gasteiger partial charge on any atom is -0.494 e. The minimum atomic E-state index is -0.496. The molecule has 1 N–H and O–H groups in total. The molecule has 1 aromatic heterocycles. The molecule has 0 saturated carbocycles. The van der Waals surface area contributed by atoms with Crippen molar-refractivity contribution in [2.24, 2.45) is 5.10 Å². The first-order valence-corrected chi connectivity index (χ1v) is 12.2. The van der Waals surface area contributed by atoms with Crippen LogP contribution in [0.25, 0.3) is 11.0 Å². The summed E-state index contributed by atoms with van der Waals surface area (Å²) in [6.07, 6.45) is 1.47. The molecular weight excluding hydrogens is 593 g/mol. The maximum atomic E-state index is 12.5. The van der Waals surface area contributed by atoms with Gasteiger partial charge in [0.15, 0.2) is 17.3 Å². The second kappa shape index (κ2) is 11.7. The van der Waals surface area contributed by atoms with E-state index in [-0.39, 0.29) is 18.1 Å². The number of nitrogens with one attached hydrogen (secondary N) is 1. The summed E-state index contributed by atoms with van der Waals surface area (Å²) in [5.41, 5.74) is 4.33. The van der Waals surface area contributed by atoms with Crippen molar-refractivity contribution in [3.8, 4) is 17.2 Å². The van der Waals surface area contributed by atoms with Crippen LogP contribution in [0.4, 0.5) is 5.69 Å². The van der Waals surface area contributed by atoms with Crippen molar-refractivity contribution >= 4 is 51.4 Å². The smallest absolute Gasteiger partial charge is 0.307 e. The molecule has 10 nitrogen and oxygen atoms in total. The average Bonchev–Trinajstić information content (AvgIpc) is 3.32. The molecule has 4 rings (SSSR count). The van der Waals surface area contributed by atoms with E-state index in [4.69, 9.17) is 18.6 Å². The van der Waals surface area contributed by atoms with E-state index in [1.807, 2.05) is 6.92 Å². The third kappa shape index (κ3) is 6.36. The van der Waals surface area contributed by atoms with Crippen LogP contribution >= 0.6 is 22.6 Å². The molecule has 3 aromatic carbocycles. The van der Waals surface area contributed by atoms with Gasteiger partial charge in [0.25, 0.3) is 5.69 Å². The molecule has 0 radical (unpaired) electrons. The van der Waals surface area contributed by atoms with Gasteiger partial charge < -0.3 is 18.6 Å². The Morgan fingerprint density at radius 3 is 2.76 bits per heavy atom. The van der Waals surface area contributed by atoms with Gasteiger partial charge in [-0.15, -0.1) is 0 Å². The topological polar surface area (TPSA) is 125 Å². The number of benzene rings is 3. The number of carbonyl (C=O) groups is 1. The Balaban J connectivity index is 1.43. The van der Waals surface area contributed by atoms with E-state index in [0.717, 1.165) is 8.96 Å². The fourth-order valence-electron chi connectivity index (χ4n) is 3.48. The Kier molecular flexibility index (Phi) is 8.23. The predicted molar refractivity (Wildman–Crippen MR) is 146 cm³/mol. The fourth-order valence-corrected chi connectivity index (χ4v) is 4.26. The standard InChI is InChI=1S/C26H22IN3O7/c1-3-35-20-7-8-22-18(12-20)13-24(37-22)26(31)29-28-14-17-10-21(27)25(23(11-17)34-2)36-15-16-5-4-6-19(9-16)30(32)33/h4-14H,3,15H2,1-2H3,(H,29,31)/b28-14+. The number of furan rings is 1. The molecule has 0 saturated heterocycles. The zero-order valence-corrected chi connectivity index (χ0v) is 22.1. The number of methoxy groups -OCH3 is 1. The average molecular weight is 615 g/mol. The van der Waals surface area contributed by atoms with Crippen molar-refractivity contribution < 1.29 is 28.3 Å². The number of carbonyl (C=O) groups excluding carboxylic acids is 1. The van der Waals surface area contributed by atoms with E-state index in [2.05, 4.69) is 33.1 Å². The van der Waals surface area contributed by atoms with Crippen LogP contribution in [0, 0.1) is 13.7 Å². The van der Waals surface area contributed by atoms with Gasteiger partial charge in [-0.2, -0.15) is 5.10 Å². The summed E-state index contributed by atoms with van der Waals surface area (Å²) >= 11 is 2.10. The molecular formula is C26H22IN3O7. The lowest BCUT2D eigenvalue weighted by molar-refractivity contribution is -0.384. The van der Waals surface area contributed by atoms with E-state index < -0.39 is 10.8 Å². The van der Waals surface area contributed by atoms with Crippen LogP contribution in [0.3, 0.4) is 0 Å². The van der Waals surface area contributed by atoms with Gasteiger partial charge in [-0.05, 0) is 77.0 Å². The van der Waals surface area contributed by atoms with Gasteiger partial charge in [-0.25, -0.2) is 5.43 Å². The van der Waals surface area contributed by atoms with E-state index in [1.165, 1.54) is 25.5 Å². The third-order valence-corrected chi connectivity index (χ3v) is 5.96. The van der Waals surface area contributed by atoms with Gasteiger partial charge >= 0.3 is 5.91 Å². The highest BCUT2D eigenvalue weighted by Crippen LogP contribution is 2.34. The minimum absolute atomic E-state index is 0.00530. The van der Waals surface area contributed by atoms with Crippen LogP contribution in [0.15, 0.2) is 70.2 Å². The molecule has 0 atom stereocenters. The summed E-state index contributed by atoms with van der Waals surface area (Å²) in [7, 11) is 1.51. The molecule has 1 heterocycles. The number of hydrogen-bond donors (Lipinski definition) is 1. The van der Waals surface area contributed by atoms with E-state index in [0.29, 0.717) is 40.6 Å². The molecule has 0 fully saturated rings. The Labute approximate surface area is 225 Å². The first-order valence-electron chi connectivity index (χ1n) is 11.1. The number of hydrazone groups is 1. The molecule has 11 heteroatoms. The second-order valence-electron chi connectivity index (χ2n) is 7.69. The number of hydrogen-bond acceptors (Lipinski definition) is 8. The van der Waals surface area contributed by atoms with Crippen molar-refractivity contribution in [1.82, 2.24) is 5.43 Å². The first kappa shape index (κ1) is 25.9. The molecule has 1 amide bonds. The Morgan fingerprint density at radius 1 is 1.16 bits per heavy atom. The maximum Gasteiger partial charge on any atom is 0.307 e. The van der Waals surface area contributed by atoms with Crippen LogP contribution in [0.2, 0.25) is 0 Å². The third-order valence-electron chi connectivity index (χ3n) is 5.16. The molecule has 0 bridgehead atoms. The van der Waals surface area contributed by atoms with Crippen molar-refractivity contribution in [2.75, 3.05) is 13.7 Å². The Morgan fingerprint density at radius 2 is 2.00 bits per heavy atom. The van der Waals surface area contributed by atoms with Crippen LogP contribution in [0.1, 0.15) is 28.6 Å². The SMILES string of the molecule is CCOc1ccc2oc(C(=O)N/N=C/c3cc(I)c(OCc4cccc([N+](=O)[O-])c4)c(OC)c3)cc2c1. The van der Waals surface area contributed by atoms with Crippen LogP contribution in [0.5, 0.6) is 17.2 Å². The fraction of sp³-hybridized carbons (Fsp3) is 0.154. The van der Waals surface area contributed by atoms with E-state index >= 15 is 0 Å². The molecule has 0 spiro atoms. The monoisotopic (exact) mass is 615 g/mol. The number of amides is 1. The van der Waals surface area contributed by atoms with Gasteiger partial charge in [0.1, 0.15) is 17.9 Å². The lowest BCUT2D eigenvalue weighted by atomic mass is 10.2. The van der Waals surface area contributed by atoms with Gasteiger partial charge in [-0.1, -0.05) is 12.1 Å². The normalized spacial score (nSPS) is 11.0. The number of non-ortho nitro benzene ring substituents is 1. The van der Waals surface area contributed by atoms with Crippen molar-refractivity contribution in [3.05, 3.63) is 91.2 Å². The van der Waals surface area contributed by atoms with Gasteiger partial charge in [0.2, 0.25) is 0 Å². The maximum absolute atomic E-state index is 12.5. The molecule has 0 unspecified atom stereocenters. The second-order valence-corrected chi connectivity index (χ2v) is 8.85. The van der Waals surface area contributed by atoms with Gasteiger partial charge in [-0.3, -0.25) is 14.9 Å². The zero-order valence-electron chi connectivity index (χ0n) is 19.9. The quantitative estimate of drug-likeness (QED) is 0.105. The van der Waals surface area contributed by atoms with Crippen molar-refractivity contribution in [3.63, 3.8) is 0 Å². The summed E-state index contributed by atoms with van der Waals surface area (Å²) < 4.78 is 23.2. The highest BCUT2D eigenvalue weighted by molar-refractivity contribution is 14.1. The van der Waals surface area contributed by atoms with Crippen molar-refractivity contribution in [2.45, 2.75) is 13.5 Å². The number of fused-ring (bicyclic) bond motifs is 1. The number of nitrogens with zero attached hydrogens (tertiary/aromatic N) is 2. The molecule has 4 aromatic rings. The van der Waals surface area contributed by atoms with Gasteiger partial charge in [0, 0.05) is 17.5 Å². The lowest BCUT2D eigenvalue weighted by Crippen LogP contribution is -2.16. The predicted octanol–water partition coefficient (Wildman–Crippen LogP) is 5.70. The number of rotatable bonds is 10. The Bertz CT molecular complexity index is 1480. The number of ether oxygens (including phenoxy) is 3. The molecule has 190 valence electrons. The highest BCUT2D eigenvalue weighted by atomic mass is 127. The summed E-state index contributed by atoms with van der Waals surface area (Å²) in [6.45, 7) is 2.56. The molecule has 0 aliphatic heterocycles. The van der Waals surface area contributed by atoms with Crippen LogP contribution in [-0.4, -0.2) is 30.8 Å². The largest absolute Gasteiger partial charge is 0.494 e. The van der Waals surface area contributed by atoms with Crippen LogP contribution < -0.4 is 19.6 Å². The highest BCUT2D eigenvalue weighted by Gasteiger charge is 2.14. The number of halogens is 1. The summed E-state index contributed by atoms with van der Waals surface area (Å²) in [5.74, 6) is 1.26. The first-order chi connectivity index (χ1) is 17.9. The van der Waals surface area contributed by atoms with Crippen LogP contribution in [-0.2, 0) is 6.61 Å². The summed E-state index contributed by atoms with van der Waals surface area (Å²) in [4.78, 5) is 23.1. The number of nitro groups is 1. The summed E-state index contributed by atoms with van der Waals surface area (Å²) in [5, 5.41) is 15.8. The van der Waals surface area contributed by atoms with E-state index in [9.17, 15) is 14.9 Å². The molecule has 37 heavy (non-hydrogen) atoms. The zero-order chi connectivity index (χ0) is 26.4. The Hall–Kier alpha value is -4.13. The van der Waals surface area contributed by atoms with Gasteiger partial charge in [0.05, 0.1) is 28.4 Å². The van der Waals surface area contributed by atoms with Crippen molar-refractivity contribution in [1.29, 1.82) is 0 Å². The van der Waals surface area contributed by atoms with E-state index in [1.54, 1.807) is 48.5 Å².